The number of fused-ring (bicyclic) bond motifs is 1. The van der Waals surface area contributed by atoms with Gasteiger partial charge < -0.3 is 9.47 Å². The number of hydrogen-bond acceptors (Lipinski definition) is 2. The van der Waals surface area contributed by atoms with Crippen molar-refractivity contribution in [2.45, 2.75) is 19.4 Å². The molecule has 0 aliphatic carbocycles. The summed E-state index contributed by atoms with van der Waals surface area (Å²) in [7, 11) is 0. The fourth-order valence-corrected chi connectivity index (χ4v) is 2.47. The SMILES string of the molecule is c1cnc2ccn(CCN3CCCC3)c2c1. The zero-order valence-electron chi connectivity index (χ0n) is 9.47. The summed E-state index contributed by atoms with van der Waals surface area (Å²) in [6.07, 6.45) is 6.74. The standard InChI is InChI=1S/C13H17N3/c1-2-8-15(7-1)10-11-16-9-5-12-13(16)4-3-6-14-12/h3-6,9H,1-2,7-8,10-11H2. The van der Waals surface area contributed by atoms with Crippen molar-refractivity contribution >= 4 is 11.0 Å². The van der Waals surface area contributed by atoms with Crippen LogP contribution >= 0.6 is 0 Å². The van der Waals surface area contributed by atoms with E-state index in [0.29, 0.717) is 0 Å². The van der Waals surface area contributed by atoms with Crippen LogP contribution in [0.4, 0.5) is 0 Å². The van der Waals surface area contributed by atoms with Gasteiger partial charge in [-0.1, -0.05) is 0 Å². The summed E-state index contributed by atoms with van der Waals surface area (Å²) in [6.45, 7) is 4.79. The normalized spacial score (nSPS) is 17.2. The topological polar surface area (TPSA) is 21.1 Å². The first-order chi connectivity index (χ1) is 7.93. The van der Waals surface area contributed by atoms with Crippen LogP contribution in [0.1, 0.15) is 12.8 Å². The van der Waals surface area contributed by atoms with Crippen molar-refractivity contribution in [2.75, 3.05) is 19.6 Å². The highest BCUT2D eigenvalue weighted by atomic mass is 15.2. The van der Waals surface area contributed by atoms with E-state index in [9.17, 15) is 0 Å². The third-order valence-corrected chi connectivity index (χ3v) is 3.39. The molecule has 0 N–H and O–H groups in total. The molecule has 2 aromatic rings. The lowest BCUT2D eigenvalue weighted by Gasteiger charge is -2.15. The molecule has 2 aromatic heterocycles. The van der Waals surface area contributed by atoms with E-state index in [2.05, 4.69) is 32.8 Å². The maximum absolute atomic E-state index is 4.35. The van der Waals surface area contributed by atoms with Crippen LogP contribution in [0.25, 0.3) is 11.0 Å². The van der Waals surface area contributed by atoms with Gasteiger partial charge in [0, 0.05) is 25.5 Å². The van der Waals surface area contributed by atoms with E-state index < -0.39 is 0 Å². The van der Waals surface area contributed by atoms with Crippen molar-refractivity contribution < 1.29 is 0 Å². The molecule has 0 atom stereocenters. The largest absolute Gasteiger partial charge is 0.345 e. The minimum atomic E-state index is 1.08. The quantitative estimate of drug-likeness (QED) is 0.782. The van der Waals surface area contributed by atoms with E-state index in [1.807, 2.05) is 12.3 Å². The van der Waals surface area contributed by atoms with Crippen molar-refractivity contribution in [1.82, 2.24) is 14.5 Å². The Morgan fingerprint density at radius 3 is 2.88 bits per heavy atom. The van der Waals surface area contributed by atoms with Gasteiger partial charge >= 0.3 is 0 Å². The molecule has 0 unspecified atom stereocenters. The molecule has 0 amide bonds. The van der Waals surface area contributed by atoms with Gasteiger partial charge in [0.25, 0.3) is 0 Å². The number of likely N-dealkylation sites (tertiary alicyclic amines) is 1. The number of rotatable bonds is 3. The Kier molecular flexibility index (Phi) is 2.62. The molecule has 3 rings (SSSR count). The van der Waals surface area contributed by atoms with E-state index in [4.69, 9.17) is 0 Å². The molecule has 0 saturated carbocycles. The molecule has 1 aliphatic heterocycles. The minimum absolute atomic E-state index is 1.08. The number of hydrogen-bond donors (Lipinski definition) is 0. The van der Waals surface area contributed by atoms with E-state index in [1.54, 1.807) is 0 Å². The monoisotopic (exact) mass is 215 g/mol. The summed E-state index contributed by atoms with van der Waals surface area (Å²) in [6, 6.07) is 6.25. The Morgan fingerprint density at radius 1 is 1.12 bits per heavy atom. The highest BCUT2D eigenvalue weighted by Crippen LogP contribution is 2.13. The molecule has 0 bridgehead atoms. The summed E-state index contributed by atoms with van der Waals surface area (Å²) in [4.78, 5) is 6.89. The van der Waals surface area contributed by atoms with Crippen molar-refractivity contribution in [2.24, 2.45) is 0 Å². The Morgan fingerprint density at radius 2 is 2.00 bits per heavy atom. The van der Waals surface area contributed by atoms with Crippen molar-refractivity contribution in [3.63, 3.8) is 0 Å². The molecule has 0 aromatic carbocycles. The van der Waals surface area contributed by atoms with Gasteiger partial charge in [0.05, 0.1) is 11.0 Å². The highest BCUT2D eigenvalue weighted by Gasteiger charge is 2.11. The van der Waals surface area contributed by atoms with Crippen LogP contribution in [-0.4, -0.2) is 34.1 Å². The van der Waals surface area contributed by atoms with Crippen LogP contribution in [0.15, 0.2) is 30.6 Å². The molecule has 16 heavy (non-hydrogen) atoms. The van der Waals surface area contributed by atoms with Gasteiger partial charge in [0.1, 0.15) is 0 Å². The molecule has 1 aliphatic rings. The zero-order chi connectivity index (χ0) is 10.8. The zero-order valence-corrected chi connectivity index (χ0v) is 9.47. The van der Waals surface area contributed by atoms with Crippen molar-refractivity contribution in [3.8, 4) is 0 Å². The average Bonchev–Trinajstić information content (AvgIpc) is 2.96. The molecule has 0 radical (unpaired) electrons. The van der Waals surface area contributed by atoms with Crippen LogP contribution in [0.2, 0.25) is 0 Å². The third kappa shape index (κ3) is 1.83. The van der Waals surface area contributed by atoms with E-state index in [-0.39, 0.29) is 0 Å². The maximum Gasteiger partial charge on any atom is 0.0880 e. The van der Waals surface area contributed by atoms with Crippen molar-refractivity contribution in [1.29, 1.82) is 0 Å². The van der Waals surface area contributed by atoms with E-state index >= 15 is 0 Å². The molecule has 0 spiro atoms. The molecule has 3 heteroatoms. The highest BCUT2D eigenvalue weighted by molar-refractivity contribution is 5.75. The van der Waals surface area contributed by atoms with E-state index in [1.165, 1.54) is 38.0 Å². The summed E-state index contributed by atoms with van der Waals surface area (Å²) in [5.74, 6) is 0. The first-order valence-electron chi connectivity index (χ1n) is 6.06. The molecular weight excluding hydrogens is 198 g/mol. The molecule has 84 valence electrons. The maximum atomic E-state index is 4.35. The van der Waals surface area contributed by atoms with Gasteiger partial charge in [0.15, 0.2) is 0 Å². The Balaban J connectivity index is 1.73. The fourth-order valence-electron chi connectivity index (χ4n) is 2.47. The summed E-state index contributed by atoms with van der Waals surface area (Å²) in [5.41, 5.74) is 2.35. The second-order valence-electron chi connectivity index (χ2n) is 4.47. The summed E-state index contributed by atoms with van der Waals surface area (Å²) in [5, 5.41) is 0. The van der Waals surface area contributed by atoms with E-state index in [0.717, 1.165) is 12.1 Å². The summed E-state index contributed by atoms with van der Waals surface area (Å²) >= 11 is 0. The van der Waals surface area contributed by atoms with Gasteiger partial charge in [-0.25, -0.2) is 0 Å². The van der Waals surface area contributed by atoms with Crippen LogP contribution in [-0.2, 0) is 6.54 Å². The number of nitrogens with zero attached hydrogens (tertiary/aromatic N) is 3. The van der Waals surface area contributed by atoms with Gasteiger partial charge in [-0.2, -0.15) is 0 Å². The number of pyridine rings is 1. The minimum Gasteiger partial charge on any atom is -0.345 e. The van der Waals surface area contributed by atoms with Crippen LogP contribution in [0.5, 0.6) is 0 Å². The average molecular weight is 215 g/mol. The Labute approximate surface area is 95.7 Å². The lowest BCUT2D eigenvalue weighted by molar-refractivity contribution is 0.324. The number of aromatic nitrogens is 2. The second kappa shape index (κ2) is 4.26. The smallest absolute Gasteiger partial charge is 0.0880 e. The van der Waals surface area contributed by atoms with Crippen LogP contribution in [0.3, 0.4) is 0 Å². The molecule has 3 heterocycles. The lowest BCUT2D eigenvalue weighted by Crippen LogP contribution is -2.23. The predicted molar refractivity (Wildman–Crippen MR) is 65.4 cm³/mol. The van der Waals surface area contributed by atoms with Crippen LogP contribution in [0, 0.1) is 0 Å². The second-order valence-corrected chi connectivity index (χ2v) is 4.47. The Bertz CT molecular complexity index is 469. The fraction of sp³-hybridized carbons (Fsp3) is 0.462. The van der Waals surface area contributed by atoms with Gasteiger partial charge in [0.2, 0.25) is 0 Å². The molecule has 1 saturated heterocycles. The van der Waals surface area contributed by atoms with Gasteiger partial charge in [-0.3, -0.25) is 4.98 Å². The van der Waals surface area contributed by atoms with Crippen molar-refractivity contribution in [3.05, 3.63) is 30.6 Å². The first-order valence-corrected chi connectivity index (χ1v) is 6.06. The third-order valence-electron chi connectivity index (χ3n) is 3.39. The predicted octanol–water partition coefficient (Wildman–Crippen LogP) is 2.13. The van der Waals surface area contributed by atoms with Crippen LogP contribution < -0.4 is 0 Å². The van der Waals surface area contributed by atoms with Gasteiger partial charge in [-0.15, -0.1) is 0 Å². The molecule has 3 nitrogen and oxygen atoms in total. The summed E-state index contributed by atoms with van der Waals surface area (Å²) < 4.78 is 2.31. The lowest BCUT2D eigenvalue weighted by atomic mass is 10.4. The van der Waals surface area contributed by atoms with Gasteiger partial charge in [-0.05, 0) is 44.1 Å². The molecule has 1 fully saturated rings. The Hall–Kier alpha value is -1.35. The first kappa shape index (κ1) is 9.85. The molecular formula is C13H17N3.